The SMILES string of the molecule is Cc1nn(-c2ccccc2)c(C)c1S(=O)(=O)NCCCn1ncc(Cl)c1C. The summed E-state index contributed by atoms with van der Waals surface area (Å²) in [5, 5.41) is 9.18. The Balaban J connectivity index is 1.71. The molecule has 0 saturated heterocycles. The number of para-hydroxylation sites is 1. The number of halogens is 1. The Morgan fingerprint density at radius 1 is 1.11 bits per heavy atom. The molecule has 0 bridgehead atoms. The molecule has 0 aliphatic rings. The van der Waals surface area contributed by atoms with Crippen LogP contribution in [0.25, 0.3) is 5.69 Å². The van der Waals surface area contributed by atoms with Crippen molar-refractivity contribution in [1.29, 1.82) is 0 Å². The zero-order valence-electron chi connectivity index (χ0n) is 15.5. The number of hydrogen-bond donors (Lipinski definition) is 1. The molecule has 0 saturated carbocycles. The van der Waals surface area contributed by atoms with Crippen LogP contribution in [-0.4, -0.2) is 34.5 Å². The highest BCUT2D eigenvalue weighted by Gasteiger charge is 2.24. The zero-order chi connectivity index (χ0) is 19.6. The fraction of sp³-hybridized carbons (Fsp3) is 0.333. The molecule has 1 N–H and O–H groups in total. The topological polar surface area (TPSA) is 81.8 Å². The second kappa shape index (κ2) is 7.84. The first-order valence-corrected chi connectivity index (χ1v) is 10.5. The molecule has 0 atom stereocenters. The van der Waals surface area contributed by atoms with Gasteiger partial charge in [0.15, 0.2) is 0 Å². The highest BCUT2D eigenvalue weighted by Crippen LogP contribution is 2.22. The summed E-state index contributed by atoms with van der Waals surface area (Å²) in [6.45, 7) is 6.23. The number of aromatic nitrogens is 4. The Hall–Kier alpha value is -2.16. The van der Waals surface area contributed by atoms with Crippen molar-refractivity contribution >= 4 is 21.6 Å². The minimum atomic E-state index is -3.66. The minimum Gasteiger partial charge on any atom is -0.268 e. The van der Waals surface area contributed by atoms with Crippen LogP contribution < -0.4 is 4.72 Å². The molecule has 0 radical (unpaired) electrons. The van der Waals surface area contributed by atoms with E-state index < -0.39 is 10.0 Å². The molecule has 0 amide bonds. The van der Waals surface area contributed by atoms with Crippen LogP contribution in [0.1, 0.15) is 23.5 Å². The lowest BCUT2D eigenvalue weighted by atomic mass is 10.3. The van der Waals surface area contributed by atoms with Gasteiger partial charge in [-0.25, -0.2) is 17.8 Å². The van der Waals surface area contributed by atoms with Gasteiger partial charge in [-0.3, -0.25) is 4.68 Å². The predicted octanol–water partition coefficient (Wildman–Crippen LogP) is 3.02. The average Bonchev–Trinajstić information content (AvgIpc) is 3.12. The summed E-state index contributed by atoms with van der Waals surface area (Å²) in [6.07, 6.45) is 2.19. The minimum absolute atomic E-state index is 0.227. The van der Waals surface area contributed by atoms with Crippen LogP contribution in [0.3, 0.4) is 0 Å². The van der Waals surface area contributed by atoms with Gasteiger partial charge in [0, 0.05) is 13.1 Å². The van der Waals surface area contributed by atoms with Crippen molar-refractivity contribution in [2.24, 2.45) is 0 Å². The monoisotopic (exact) mass is 407 g/mol. The quantitative estimate of drug-likeness (QED) is 0.610. The Labute approximate surface area is 164 Å². The van der Waals surface area contributed by atoms with Crippen LogP contribution in [0.5, 0.6) is 0 Å². The van der Waals surface area contributed by atoms with Gasteiger partial charge in [-0.2, -0.15) is 10.2 Å². The molecule has 3 rings (SSSR count). The first-order valence-electron chi connectivity index (χ1n) is 8.60. The average molecular weight is 408 g/mol. The number of nitrogens with zero attached hydrogens (tertiary/aromatic N) is 4. The first-order chi connectivity index (χ1) is 12.8. The van der Waals surface area contributed by atoms with Crippen molar-refractivity contribution in [3.63, 3.8) is 0 Å². The van der Waals surface area contributed by atoms with Gasteiger partial charge in [0.25, 0.3) is 0 Å². The number of nitrogens with one attached hydrogen (secondary N) is 1. The number of hydrogen-bond acceptors (Lipinski definition) is 4. The summed E-state index contributed by atoms with van der Waals surface area (Å²) in [5.74, 6) is 0. The van der Waals surface area contributed by atoms with Crippen molar-refractivity contribution in [1.82, 2.24) is 24.3 Å². The second-order valence-corrected chi connectivity index (χ2v) is 8.41. The van der Waals surface area contributed by atoms with Crippen molar-refractivity contribution in [2.45, 2.75) is 38.6 Å². The maximum atomic E-state index is 12.8. The third-order valence-corrected chi connectivity index (χ3v) is 6.46. The molecule has 2 heterocycles. The summed E-state index contributed by atoms with van der Waals surface area (Å²) in [4.78, 5) is 0.227. The summed E-state index contributed by atoms with van der Waals surface area (Å²) >= 11 is 5.98. The summed E-state index contributed by atoms with van der Waals surface area (Å²) in [6, 6.07) is 9.47. The summed E-state index contributed by atoms with van der Waals surface area (Å²) in [7, 11) is -3.66. The molecule has 2 aromatic heterocycles. The molecule has 7 nitrogen and oxygen atoms in total. The highest BCUT2D eigenvalue weighted by atomic mass is 35.5. The third kappa shape index (κ3) is 4.07. The van der Waals surface area contributed by atoms with E-state index in [1.54, 1.807) is 29.4 Å². The van der Waals surface area contributed by atoms with E-state index in [1.165, 1.54) is 0 Å². The van der Waals surface area contributed by atoms with Gasteiger partial charge in [0.2, 0.25) is 10.0 Å². The fourth-order valence-corrected chi connectivity index (χ4v) is 4.60. The lowest BCUT2D eigenvalue weighted by Crippen LogP contribution is -2.26. The Morgan fingerprint density at radius 3 is 2.44 bits per heavy atom. The maximum absolute atomic E-state index is 12.8. The standard InChI is InChI=1S/C18H22ClN5O2S/c1-13-18(15(3)24(22-13)16-8-5-4-6-9-16)27(25,26)21-10-7-11-23-14(2)17(19)12-20-23/h4-6,8-9,12,21H,7,10-11H2,1-3H3. The van der Waals surface area contributed by atoms with E-state index in [9.17, 15) is 8.42 Å². The van der Waals surface area contributed by atoms with E-state index >= 15 is 0 Å². The maximum Gasteiger partial charge on any atom is 0.244 e. The molecule has 0 spiro atoms. The third-order valence-electron chi connectivity index (χ3n) is 4.38. The van der Waals surface area contributed by atoms with E-state index in [2.05, 4.69) is 14.9 Å². The lowest BCUT2D eigenvalue weighted by molar-refractivity contribution is 0.545. The molecule has 0 aliphatic carbocycles. The Morgan fingerprint density at radius 2 is 1.81 bits per heavy atom. The Bertz CT molecular complexity index is 1040. The molecule has 1 aromatic carbocycles. The molecule has 0 aliphatic heterocycles. The van der Waals surface area contributed by atoms with Crippen LogP contribution in [0.15, 0.2) is 41.4 Å². The van der Waals surface area contributed by atoms with Crippen molar-refractivity contribution in [3.05, 3.63) is 58.6 Å². The smallest absolute Gasteiger partial charge is 0.244 e. The normalized spacial score (nSPS) is 11.9. The van der Waals surface area contributed by atoms with Crippen LogP contribution in [0, 0.1) is 20.8 Å². The zero-order valence-corrected chi connectivity index (χ0v) is 17.0. The first kappa shape index (κ1) is 19.6. The highest BCUT2D eigenvalue weighted by molar-refractivity contribution is 7.89. The number of rotatable bonds is 7. The van der Waals surface area contributed by atoms with Gasteiger partial charge in [0.1, 0.15) is 4.90 Å². The molecule has 0 unspecified atom stereocenters. The largest absolute Gasteiger partial charge is 0.268 e. The van der Waals surface area contributed by atoms with E-state index in [-0.39, 0.29) is 4.90 Å². The van der Waals surface area contributed by atoms with Crippen molar-refractivity contribution in [2.75, 3.05) is 6.54 Å². The van der Waals surface area contributed by atoms with Crippen LogP contribution >= 0.6 is 11.6 Å². The van der Waals surface area contributed by atoms with Gasteiger partial charge in [-0.05, 0) is 39.3 Å². The predicted molar refractivity (Wildman–Crippen MR) is 105 cm³/mol. The van der Waals surface area contributed by atoms with Gasteiger partial charge < -0.3 is 0 Å². The summed E-state index contributed by atoms with van der Waals surface area (Å²) in [5.41, 5.74) is 2.75. The van der Waals surface area contributed by atoms with Crippen LogP contribution in [0.2, 0.25) is 5.02 Å². The van der Waals surface area contributed by atoms with Gasteiger partial charge >= 0.3 is 0 Å². The molecule has 27 heavy (non-hydrogen) atoms. The van der Waals surface area contributed by atoms with Crippen molar-refractivity contribution in [3.8, 4) is 5.69 Å². The van der Waals surface area contributed by atoms with E-state index in [4.69, 9.17) is 11.6 Å². The van der Waals surface area contributed by atoms with E-state index in [0.29, 0.717) is 35.9 Å². The molecular weight excluding hydrogens is 386 g/mol. The second-order valence-electron chi connectivity index (χ2n) is 6.30. The lowest BCUT2D eigenvalue weighted by Gasteiger charge is -2.09. The Kier molecular flexibility index (Phi) is 5.69. The van der Waals surface area contributed by atoms with Gasteiger partial charge in [-0.1, -0.05) is 29.8 Å². The number of aryl methyl sites for hydroxylation is 2. The fourth-order valence-electron chi connectivity index (χ4n) is 2.99. The van der Waals surface area contributed by atoms with Crippen LogP contribution in [0.4, 0.5) is 0 Å². The van der Waals surface area contributed by atoms with Crippen molar-refractivity contribution < 1.29 is 8.42 Å². The number of sulfonamides is 1. The van der Waals surface area contributed by atoms with Crippen LogP contribution in [-0.2, 0) is 16.6 Å². The number of benzene rings is 1. The van der Waals surface area contributed by atoms with E-state index in [1.807, 2.05) is 37.3 Å². The van der Waals surface area contributed by atoms with E-state index in [0.717, 1.165) is 11.4 Å². The summed E-state index contributed by atoms with van der Waals surface area (Å²) < 4.78 is 31.7. The molecule has 3 aromatic rings. The van der Waals surface area contributed by atoms with Gasteiger partial charge in [-0.15, -0.1) is 0 Å². The molecule has 144 valence electrons. The molecular formula is C18H22ClN5O2S. The van der Waals surface area contributed by atoms with Gasteiger partial charge in [0.05, 0.1) is 34.0 Å². The molecule has 9 heteroatoms. The molecule has 0 fully saturated rings.